The molecular formula is C13H21N3O2. The molecule has 0 radical (unpaired) electrons. The first kappa shape index (κ1) is 12.0. The number of hydrogen-bond acceptors (Lipinski definition) is 3. The highest BCUT2D eigenvalue weighted by Gasteiger charge is 2.37. The van der Waals surface area contributed by atoms with Crippen LogP contribution in [0.4, 0.5) is 0 Å². The zero-order valence-electron chi connectivity index (χ0n) is 10.6. The SMILES string of the molecule is O=C(CC1NC2CCCCC2NC1=O)NC1CC1. The zero-order chi connectivity index (χ0) is 12.5. The van der Waals surface area contributed by atoms with Gasteiger partial charge in [0.15, 0.2) is 0 Å². The van der Waals surface area contributed by atoms with Crippen molar-refractivity contribution in [2.24, 2.45) is 0 Å². The molecule has 100 valence electrons. The summed E-state index contributed by atoms with van der Waals surface area (Å²) in [4.78, 5) is 23.7. The van der Waals surface area contributed by atoms with Gasteiger partial charge < -0.3 is 16.0 Å². The van der Waals surface area contributed by atoms with Gasteiger partial charge in [-0.05, 0) is 25.7 Å². The van der Waals surface area contributed by atoms with E-state index in [-0.39, 0.29) is 30.3 Å². The first-order valence-electron chi connectivity index (χ1n) is 7.08. The van der Waals surface area contributed by atoms with Gasteiger partial charge in [0.25, 0.3) is 0 Å². The van der Waals surface area contributed by atoms with Crippen LogP contribution in [0.5, 0.6) is 0 Å². The van der Waals surface area contributed by atoms with Crippen molar-refractivity contribution in [2.75, 3.05) is 0 Å². The van der Waals surface area contributed by atoms with Crippen LogP contribution in [-0.4, -0.2) is 36.0 Å². The van der Waals surface area contributed by atoms with Gasteiger partial charge in [0.05, 0.1) is 12.5 Å². The lowest BCUT2D eigenvalue weighted by Crippen LogP contribution is -2.65. The maximum absolute atomic E-state index is 11.9. The quantitative estimate of drug-likeness (QED) is 0.664. The van der Waals surface area contributed by atoms with Crippen LogP contribution < -0.4 is 16.0 Å². The van der Waals surface area contributed by atoms with E-state index in [2.05, 4.69) is 16.0 Å². The molecule has 3 N–H and O–H groups in total. The summed E-state index contributed by atoms with van der Waals surface area (Å²) in [6.07, 6.45) is 7.00. The number of rotatable bonds is 3. The van der Waals surface area contributed by atoms with Gasteiger partial charge in [-0.2, -0.15) is 0 Å². The molecule has 5 nitrogen and oxygen atoms in total. The van der Waals surface area contributed by atoms with Crippen LogP contribution in [0.1, 0.15) is 44.9 Å². The Morgan fingerprint density at radius 2 is 1.89 bits per heavy atom. The molecule has 1 saturated heterocycles. The average molecular weight is 251 g/mol. The molecule has 1 aliphatic heterocycles. The Morgan fingerprint density at radius 3 is 2.61 bits per heavy atom. The number of nitrogens with one attached hydrogen (secondary N) is 3. The standard InChI is InChI=1S/C13H21N3O2/c17-12(14-8-5-6-8)7-11-13(18)16-10-4-2-1-3-9(10)15-11/h8-11,15H,1-7H2,(H,14,17)(H,16,18). The molecule has 5 heteroatoms. The minimum Gasteiger partial charge on any atom is -0.353 e. The molecule has 2 amide bonds. The largest absolute Gasteiger partial charge is 0.353 e. The molecule has 3 aliphatic rings. The van der Waals surface area contributed by atoms with Gasteiger partial charge in [-0.15, -0.1) is 0 Å². The summed E-state index contributed by atoms with van der Waals surface area (Å²) in [6, 6.07) is 0.652. The molecule has 3 atom stereocenters. The van der Waals surface area contributed by atoms with Gasteiger partial charge in [0.1, 0.15) is 0 Å². The van der Waals surface area contributed by atoms with E-state index in [4.69, 9.17) is 0 Å². The summed E-state index contributed by atoms with van der Waals surface area (Å²) in [5.74, 6) is -0.0106. The van der Waals surface area contributed by atoms with Crippen molar-refractivity contribution in [2.45, 2.75) is 69.1 Å². The lowest BCUT2D eigenvalue weighted by atomic mass is 9.87. The van der Waals surface area contributed by atoms with Crippen LogP contribution in [-0.2, 0) is 9.59 Å². The number of carbonyl (C=O) groups is 2. The van der Waals surface area contributed by atoms with Crippen LogP contribution >= 0.6 is 0 Å². The molecular weight excluding hydrogens is 230 g/mol. The van der Waals surface area contributed by atoms with E-state index in [1.165, 1.54) is 12.8 Å². The minimum atomic E-state index is -0.344. The number of amides is 2. The Hall–Kier alpha value is -1.10. The second-order valence-corrected chi connectivity index (χ2v) is 5.77. The molecule has 0 spiro atoms. The van der Waals surface area contributed by atoms with E-state index in [0.717, 1.165) is 25.7 Å². The van der Waals surface area contributed by atoms with Gasteiger partial charge in [0, 0.05) is 18.1 Å². The van der Waals surface area contributed by atoms with Crippen LogP contribution in [0.25, 0.3) is 0 Å². The fourth-order valence-corrected chi connectivity index (χ4v) is 2.97. The van der Waals surface area contributed by atoms with Crippen molar-refractivity contribution in [3.05, 3.63) is 0 Å². The fourth-order valence-electron chi connectivity index (χ4n) is 2.97. The molecule has 0 aromatic carbocycles. The Kier molecular flexibility index (Phi) is 3.24. The topological polar surface area (TPSA) is 70.2 Å². The molecule has 0 bridgehead atoms. The van der Waals surface area contributed by atoms with E-state index in [1.807, 2.05) is 0 Å². The lowest BCUT2D eigenvalue weighted by Gasteiger charge is -2.40. The fraction of sp³-hybridized carbons (Fsp3) is 0.846. The first-order valence-corrected chi connectivity index (χ1v) is 7.08. The molecule has 0 aromatic heterocycles. The molecule has 1 heterocycles. The molecule has 2 saturated carbocycles. The predicted octanol–water partition coefficient (Wildman–Crippen LogP) is 0.0543. The molecule has 3 rings (SSSR count). The van der Waals surface area contributed by atoms with Gasteiger partial charge in [-0.3, -0.25) is 9.59 Å². The predicted molar refractivity (Wildman–Crippen MR) is 66.9 cm³/mol. The van der Waals surface area contributed by atoms with Gasteiger partial charge in [-0.25, -0.2) is 0 Å². The van der Waals surface area contributed by atoms with Crippen molar-refractivity contribution in [1.29, 1.82) is 0 Å². The van der Waals surface area contributed by atoms with Crippen LogP contribution in [0.3, 0.4) is 0 Å². The summed E-state index contributed by atoms with van der Waals surface area (Å²) < 4.78 is 0. The summed E-state index contributed by atoms with van der Waals surface area (Å²) >= 11 is 0. The highest BCUT2D eigenvalue weighted by atomic mass is 16.2. The summed E-state index contributed by atoms with van der Waals surface area (Å²) in [5, 5.41) is 9.35. The number of piperazine rings is 1. The third kappa shape index (κ3) is 2.66. The minimum absolute atomic E-state index is 0.000547. The van der Waals surface area contributed by atoms with Crippen molar-refractivity contribution in [3.63, 3.8) is 0 Å². The van der Waals surface area contributed by atoms with E-state index in [9.17, 15) is 9.59 Å². The third-order valence-electron chi connectivity index (χ3n) is 4.16. The van der Waals surface area contributed by atoms with Crippen molar-refractivity contribution in [1.82, 2.24) is 16.0 Å². The smallest absolute Gasteiger partial charge is 0.237 e. The number of hydrogen-bond donors (Lipinski definition) is 3. The van der Waals surface area contributed by atoms with E-state index < -0.39 is 0 Å². The van der Waals surface area contributed by atoms with Gasteiger partial charge in [-0.1, -0.05) is 12.8 Å². The number of carbonyl (C=O) groups excluding carboxylic acids is 2. The Labute approximate surface area is 107 Å². The highest BCUT2D eigenvalue weighted by molar-refractivity contribution is 5.89. The van der Waals surface area contributed by atoms with Crippen LogP contribution in [0.2, 0.25) is 0 Å². The molecule has 18 heavy (non-hydrogen) atoms. The van der Waals surface area contributed by atoms with Crippen molar-refractivity contribution < 1.29 is 9.59 Å². The van der Waals surface area contributed by atoms with E-state index in [1.54, 1.807) is 0 Å². The second kappa shape index (κ2) is 4.88. The monoisotopic (exact) mass is 251 g/mol. The summed E-state index contributed by atoms with van der Waals surface area (Å²) in [6.45, 7) is 0. The van der Waals surface area contributed by atoms with Gasteiger partial charge >= 0.3 is 0 Å². The van der Waals surface area contributed by atoms with Crippen molar-refractivity contribution >= 4 is 11.8 Å². The summed E-state index contributed by atoms with van der Waals surface area (Å²) in [7, 11) is 0. The van der Waals surface area contributed by atoms with Crippen molar-refractivity contribution in [3.8, 4) is 0 Å². The van der Waals surface area contributed by atoms with E-state index >= 15 is 0 Å². The van der Waals surface area contributed by atoms with Gasteiger partial charge in [0.2, 0.25) is 11.8 Å². The van der Waals surface area contributed by atoms with E-state index in [0.29, 0.717) is 12.1 Å². The number of fused-ring (bicyclic) bond motifs is 1. The maximum Gasteiger partial charge on any atom is 0.237 e. The molecule has 3 unspecified atom stereocenters. The second-order valence-electron chi connectivity index (χ2n) is 5.77. The Bertz CT molecular complexity index is 354. The van der Waals surface area contributed by atoms with Crippen LogP contribution in [0.15, 0.2) is 0 Å². The maximum atomic E-state index is 11.9. The third-order valence-corrected chi connectivity index (χ3v) is 4.16. The average Bonchev–Trinajstić information content (AvgIpc) is 3.14. The lowest BCUT2D eigenvalue weighted by molar-refractivity contribution is -0.131. The normalized spacial score (nSPS) is 35.6. The Morgan fingerprint density at radius 1 is 1.17 bits per heavy atom. The molecule has 0 aromatic rings. The Balaban J connectivity index is 1.54. The molecule has 3 fully saturated rings. The molecule has 2 aliphatic carbocycles. The first-order chi connectivity index (χ1) is 8.72. The highest BCUT2D eigenvalue weighted by Crippen LogP contribution is 2.23. The zero-order valence-corrected chi connectivity index (χ0v) is 10.6. The summed E-state index contributed by atoms with van der Waals surface area (Å²) in [5.41, 5.74) is 0. The van der Waals surface area contributed by atoms with Crippen LogP contribution in [0, 0.1) is 0 Å².